The highest BCUT2D eigenvalue weighted by Crippen LogP contribution is 2.42. The summed E-state index contributed by atoms with van der Waals surface area (Å²) in [7, 11) is 0. The van der Waals surface area contributed by atoms with E-state index in [1.165, 1.54) is 28.6 Å². The predicted molar refractivity (Wildman–Crippen MR) is 97.9 cm³/mol. The third-order valence-electron chi connectivity index (χ3n) is 4.29. The van der Waals surface area contributed by atoms with Gasteiger partial charge in [0.25, 0.3) is 5.91 Å². The zero-order valence-electron chi connectivity index (χ0n) is 14.0. The molecule has 0 aliphatic carbocycles. The Morgan fingerprint density at radius 3 is 2.52 bits per heavy atom. The van der Waals surface area contributed by atoms with Crippen LogP contribution in [0.1, 0.15) is 27.2 Å². The first kappa shape index (κ1) is 17.6. The van der Waals surface area contributed by atoms with E-state index in [4.69, 9.17) is 16.0 Å². The van der Waals surface area contributed by atoms with Gasteiger partial charge in [0, 0.05) is 5.02 Å². The number of furan rings is 1. The highest BCUT2D eigenvalue weighted by molar-refractivity contribution is 7.15. The molecule has 4 rings (SSSR count). The number of ketones is 2. The van der Waals surface area contributed by atoms with Gasteiger partial charge in [0.05, 0.1) is 12.3 Å². The molecule has 9 heteroatoms. The molecule has 1 saturated heterocycles. The molecule has 0 saturated carbocycles. The SMILES string of the molecule is Cc1nnc(N2C(=O)C(=O)C(C(=O)c3ccco3)C2c2ccc(Cl)cc2)s1. The first-order valence-corrected chi connectivity index (χ1v) is 9.17. The van der Waals surface area contributed by atoms with Crippen molar-refractivity contribution >= 4 is 45.5 Å². The van der Waals surface area contributed by atoms with Crippen LogP contribution in [0.15, 0.2) is 47.1 Å². The van der Waals surface area contributed by atoms with Crippen LogP contribution in [-0.2, 0) is 9.59 Å². The van der Waals surface area contributed by atoms with Crippen molar-refractivity contribution in [2.24, 2.45) is 5.92 Å². The summed E-state index contributed by atoms with van der Waals surface area (Å²) in [6.45, 7) is 1.74. The lowest BCUT2D eigenvalue weighted by atomic mass is 9.88. The number of aromatic nitrogens is 2. The summed E-state index contributed by atoms with van der Waals surface area (Å²) < 4.78 is 5.16. The van der Waals surface area contributed by atoms with Crippen LogP contribution in [0, 0.1) is 12.8 Å². The van der Waals surface area contributed by atoms with Gasteiger partial charge in [0.1, 0.15) is 10.9 Å². The monoisotopic (exact) mass is 401 g/mol. The second-order valence-electron chi connectivity index (χ2n) is 5.96. The number of Topliss-reactive ketones (excluding diaryl/α,β-unsaturated/α-hetero) is 2. The van der Waals surface area contributed by atoms with E-state index >= 15 is 0 Å². The molecule has 0 spiro atoms. The first-order valence-electron chi connectivity index (χ1n) is 7.98. The summed E-state index contributed by atoms with van der Waals surface area (Å²) in [5, 5.41) is 9.32. The molecule has 1 aliphatic rings. The van der Waals surface area contributed by atoms with E-state index < -0.39 is 29.4 Å². The zero-order valence-corrected chi connectivity index (χ0v) is 15.5. The number of aryl methyl sites for hydroxylation is 1. The molecule has 27 heavy (non-hydrogen) atoms. The molecule has 1 amide bonds. The van der Waals surface area contributed by atoms with Gasteiger partial charge >= 0.3 is 0 Å². The van der Waals surface area contributed by atoms with Crippen molar-refractivity contribution in [1.29, 1.82) is 0 Å². The number of hydrogen-bond donors (Lipinski definition) is 0. The maximum absolute atomic E-state index is 12.9. The van der Waals surface area contributed by atoms with Crippen LogP contribution in [0.25, 0.3) is 0 Å². The fourth-order valence-electron chi connectivity index (χ4n) is 3.10. The summed E-state index contributed by atoms with van der Waals surface area (Å²) in [6.07, 6.45) is 1.34. The standard InChI is InChI=1S/C18H12ClN3O4S/c1-9-20-21-18(27-9)22-14(10-4-6-11(19)7-5-10)13(16(24)17(22)25)15(23)12-3-2-8-26-12/h2-8,13-14H,1H3. The fraction of sp³-hybridized carbons (Fsp3) is 0.167. The lowest BCUT2D eigenvalue weighted by Gasteiger charge is -2.24. The number of rotatable bonds is 4. The Kier molecular flexibility index (Phi) is 4.37. The molecule has 1 fully saturated rings. The van der Waals surface area contributed by atoms with Crippen LogP contribution in [-0.4, -0.2) is 27.7 Å². The lowest BCUT2D eigenvalue weighted by Crippen LogP contribution is -2.30. The predicted octanol–water partition coefficient (Wildman–Crippen LogP) is 3.25. The van der Waals surface area contributed by atoms with Crippen molar-refractivity contribution in [2.75, 3.05) is 4.90 Å². The van der Waals surface area contributed by atoms with Crippen LogP contribution >= 0.6 is 22.9 Å². The molecule has 1 aliphatic heterocycles. The minimum atomic E-state index is -1.24. The molecule has 2 unspecified atom stereocenters. The molecule has 136 valence electrons. The van der Waals surface area contributed by atoms with Gasteiger partial charge < -0.3 is 4.42 Å². The molecule has 2 atom stereocenters. The fourth-order valence-corrected chi connectivity index (χ4v) is 3.94. The van der Waals surface area contributed by atoms with Crippen LogP contribution < -0.4 is 4.90 Å². The van der Waals surface area contributed by atoms with E-state index in [1.54, 1.807) is 37.3 Å². The van der Waals surface area contributed by atoms with E-state index in [9.17, 15) is 14.4 Å². The van der Waals surface area contributed by atoms with Gasteiger partial charge in [-0.3, -0.25) is 19.3 Å². The van der Waals surface area contributed by atoms with Crippen molar-refractivity contribution in [2.45, 2.75) is 13.0 Å². The van der Waals surface area contributed by atoms with E-state index in [0.29, 0.717) is 15.6 Å². The highest BCUT2D eigenvalue weighted by Gasteiger charge is 2.53. The van der Waals surface area contributed by atoms with Crippen LogP contribution in [0.3, 0.4) is 0 Å². The summed E-state index contributed by atoms with van der Waals surface area (Å²) in [6, 6.07) is 8.82. The van der Waals surface area contributed by atoms with Gasteiger partial charge in [-0.25, -0.2) is 0 Å². The molecule has 1 aromatic carbocycles. The number of halogens is 1. The summed E-state index contributed by atoms with van der Waals surface area (Å²) in [5.41, 5.74) is 0.594. The van der Waals surface area contributed by atoms with E-state index in [-0.39, 0.29) is 10.9 Å². The number of anilines is 1. The topological polar surface area (TPSA) is 93.4 Å². The third-order valence-corrected chi connectivity index (χ3v) is 5.38. The van der Waals surface area contributed by atoms with Crippen molar-refractivity contribution in [1.82, 2.24) is 10.2 Å². The molecule has 2 aromatic heterocycles. The summed E-state index contributed by atoms with van der Waals surface area (Å²) >= 11 is 7.14. The number of nitrogens with zero attached hydrogens (tertiary/aromatic N) is 3. The minimum Gasteiger partial charge on any atom is -0.461 e. The van der Waals surface area contributed by atoms with E-state index in [2.05, 4.69) is 10.2 Å². The van der Waals surface area contributed by atoms with Gasteiger partial charge in [-0.05, 0) is 36.8 Å². The Morgan fingerprint density at radius 2 is 1.93 bits per heavy atom. The summed E-state index contributed by atoms with van der Waals surface area (Å²) in [4.78, 5) is 39.7. The van der Waals surface area contributed by atoms with Gasteiger partial charge in [0.2, 0.25) is 16.7 Å². The molecule has 7 nitrogen and oxygen atoms in total. The molecule has 0 bridgehead atoms. The van der Waals surface area contributed by atoms with Crippen molar-refractivity contribution in [3.8, 4) is 0 Å². The van der Waals surface area contributed by atoms with E-state index in [1.807, 2.05) is 0 Å². The highest BCUT2D eigenvalue weighted by atomic mass is 35.5. The third kappa shape index (κ3) is 2.96. The van der Waals surface area contributed by atoms with Gasteiger partial charge in [0.15, 0.2) is 5.76 Å². The molecule has 3 heterocycles. The normalized spacial score (nSPS) is 19.7. The number of hydrogen-bond acceptors (Lipinski definition) is 7. The Morgan fingerprint density at radius 1 is 1.19 bits per heavy atom. The Bertz CT molecular complexity index is 1030. The van der Waals surface area contributed by atoms with Crippen LogP contribution in [0.2, 0.25) is 5.02 Å². The minimum absolute atomic E-state index is 0.0235. The van der Waals surface area contributed by atoms with Crippen molar-refractivity contribution in [3.63, 3.8) is 0 Å². The van der Waals surface area contributed by atoms with E-state index in [0.717, 1.165) is 0 Å². The second kappa shape index (κ2) is 6.71. The number of carbonyl (C=O) groups excluding carboxylic acids is 3. The molecule has 0 N–H and O–H groups in total. The van der Waals surface area contributed by atoms with Crippen molar-refractivity contribution < 1.29 is 18.8 Å². The number of benzene rings is 1. The van der Waals surface area contributed by atoms with Crippen molar-refractivity contribution in [3.05, 3.63) is 64.0 Å². The van der Waals surface area contributed by atoms with Crippen LogP contribution in [0.4, 0.5) is 5.13 Å². The maximum atomic E-state index is 12.9. The quantitative estimate of drug-likeness (QED) is 0.378. The Balaban J connectivity index is 1.86. The maximum Gasteiger partial charge on any atom is 0.297 e. The lowest BCUT2D eigenvalue weighted by molar-refractivity contribution is -0.135. The van der Waals surface area contributed by atoms with Gasteiger partial charge in [-0.2, -0.15) is 0 Å². The molecular weight excluding hydrogens is 390 g/mol. The number of amides is 1. The first-order chi connectivity index (χ1) is 13.0. The summed E-state index contributed by atoms with van der Waals surface area (Å²) in [5.74, 6) is -3.37. The second-order valence-corrected chi connectivity index (χ2v) is 7.56. The Labute approximate surface area is 162 Å². The van der Waals surface area contributed by atoms with Gasteiger partial charge in [-0.15, -0.1) is 10.2 Å². The molecular formula is C18H12ClN3O4S. The van der Waals surface area contributed by atoms with Crippen LogP contribution in [0.5, 0.6) is 0 Å². The average Bonchev–Trinajstić information content (AvgIpc) is 3.37. The molecule has 0 radical (unpaired) electrons. The van der Waals surface area contributed by atoms with Gasteiger partial charge in [-0.1, -0.05) is 35.1 Å². The molecule has 3 aromatic rings. The zero-order chi connectivity index (χ0) is 19.1. The Hall–Kier alpha value is -2.84. The smallest absolute Gasteiger partial charge is 0.297 e. The average molecular weight is 402 g/mol. The number of carbonyl (C=O) groups is 3. The largest absolute Gasteiger partial charge is 0.461 e.